The first-order chi connectivity index (χ1) is 9.39. The minimum Gasteiger partial charge on any atom is -0.387 e. The third-order valence-corrected chi connectivity index (χ3v) is 9.22. The van der Waals surface area contributed by atoms with E-state index in [0.717, 1.165) is 25.0 Å². The first-order valence-electron chi connectivity index (χ1n) is 7.52. The largest absolute Gasteiger partial charge is 0.387 e. The molecular weight excluding hydrogens is 400 g/mol. The van der Waals surface area contributed by atoms with Gasteiger partial charge in [0, 0.05) is 14.8 Å². The minimum atomic E-state index is -0.277. The SMILES string of the molecule is CC12CC3CC(C1)CC(C(O)c1cc(Br)c(Br)s1)(C3)C2. The predicted molar refractivity (Wildman–Crippen MR) is 89.9 cm³/mol. The van der Waals surface area contributed by atoms with Crippen molar-refractivity contribution in [2.75, 3.05) is 0 Å². The van der Waals surface area contributed by atoms with Crippen molar-refractivity contribution in [3.8, 4) is 0 Å². The van der Waals surface area contributed by atoms with Crippen LogP contribution in [0.5, 0.6) is 0 Å². The lowest BCUT2D eigenvalue weighted by molar-refractivity contribution is -0.154. The van der Waals surface area contributed by atoms with Gasteiger partial charge in [-0.2, -0.15) is 0 Å². The monoisotopic (exact) mass is 418 g/mol. The molecular formula is C16H20Br2OS. The van der Waals surface area contributed by atoms with Crippen molar-refractivity contribution in [3.05, 3.63) is 19.2 Å². The third-order valence-electron chi connectivity index (χ3n) is 5.91. The lowest BCUT2D eigenvalue weighted by Gasteiger charge is -2.62. The lowest BCUT2D eigenvalue weighted by Crippen LogP contribution is -2.52. The summed E-state index contributed by atoms with van der Waals surface area (Å²) in [6.07, 6.45) is 7.65. The maximum atomic E-state index is 11.1. The van der Waals surface area contributed by atoms with E-state index in [1.54, 1.807) is 11.3 Å². The smallest absolute Gasteiger partial charge is 0.0939 e. The first-order valence-corrected chi connectivity index (χ1v) is 9.92. The van der Waals surface area contributed by atoms with Gasteiger partial charge in [0.2, 0.25) is 0 Å². The Hall–Kier alpha value is 0.620. The van der Waals surface area contributed by atoms with Crippen LogP contribution in [0.25, 0.3) is 0 Å². The number of hydrogen-bond acceptors (Lipinski definition) is 2. The van der Waals surface area contributed by atoms with E-state index >= 15 is 0 Å². The van der Waals surface area contributed by atoms with Crippen LogP contribution in [0.4, 0.5) is 0 Å². The molecule has 4 aliphatic rings. The molecule has 5 rings (SSSR count). The van der Waals surface area contributed by atoms with Crippen LogP contribution in [0.15, 0.2) is 14.3 Å². The van der Waals surface area contributed by atoms with E-state index in [-0.39, 0.29) is 11.5 Å². The van der Waals surface area contributed by atoms with Crippen molar-refractivity contribution in [3.63, 3.8) is 0 Å². The van der Waals surface area contributed by atoms with Crippen molar-refractivity contribution in [1.29, 1.82) is 0 Å². The molecule has 4 heteroatoms. The van der Waals surface area contributed by atoms with Crippen LogP contribution in [0.1, 0.15) is 56.4 Å². The molecule has 0 spiro atoms. The summed E-state index contributed by atoms with van der Waals surface area (Å²) in [6.45, 7) is 2.46. The van der Waals surface area contributed by atoms with Crippen LogP contribution in [0, 0.1) is 22.7 Å². The molecule has 20 heavy (non-hydrogen) atoms. The molecule has 3 unspecified atom stereocenters. The quantitative estimate of drug-likeness (QED) is 0.631. The zero-order valence-corrected chi connectivity index (χ0v) is 15.7. The van der Waals surface area contributed by atoms with Gasteiger partial charge in [0.1, 0.15) is 0 Å². The Morgan fingerprint density at radius 2 is 1.90 bits per heavy atom. The van der Waals surface area contributed by atoms with Gasteiger partial charge in [0.25, 0.3) is 0 Å². The number of hydrogen-bond donors (Lipinski definition) is 1. The molecule has 1 N–H and O–H groups in total. The first kappa shape index (κ1) is 14.2. The highest BCUT2D eigenvalue weighted by Gasteiger charge is 2.58. The van der Waals surface area contributed by atoms with Gasteiger partial charge in [-0.1, -0.05) is 6.92 Å². The van der Waals surface area contributed by atoms with Crippen molar-refractivity contribution in [1.82, 2.24) is 0 Å². The van der Waals surface area contributed by atoms with E-state index in [1.807, 2.05) is 0 Å². The number of thiophene rings is 1. The molecule has 4 fully saturated rings. The number of aliphatic hydroxyl groups excluding tert-OH is 1. The Kier molecular flexibility index (Phi) is 3.24. The van der Waals surface area contributed by atoms with E-state index in [1.165, 1.54) is 38.5 Å². The fraction of sp³-hybridized carbons (Fsp3) is 0.750. The summed E-state index contributed by atoms with van der Waals surface area (Å²) in [5.41, 5.74) is 0.652. The van der Waals surface area contributed by atoms with Crippen LogP contribution in [0.3, 0.4) is 0 Å². The van der Waals surface area contributed by atoms with Gasteiger partial charge in [-0.15, -0.1) is 11.3 Å². The maximum Gasteiger partial charge on any atom is 0.0939 e. The van der Waals surface area contributed by atoms with E-state index in [2.05, 4.69) is 44.8 Å². The summed E-state index contributed by atoms with van der Waals surface area (Å²) >= 11 is 8.81. The van der Waals surface area contributed by atoms with E-state index in [4.69, 9.17) is 0 Å². The second kappa shape index (κ2) is 4.56. The van der Waals surface area contributed by atoms with Crippen LogP contribution in [-0.2, 0) is 0 Å². The lowest BCUT2D eigenvalue weighted by atomic mass is 9.43. The molecule has 3 atom stereocenters. The summed E-state index contributed by atoms with van der Waals surface area (Å²) in [5, 5.41) is 11.1. The Labute approximate surface area is 141 Å². The summed E-state index contributed by atoms with van der Waals surface area (Å²) in [7, 11) is 0. The second-order valence-electron chi connectivity index (χ2n) is 7.81. The van der Waals surface area contributed by atoms with Gasteiger partial charge in [-0.3, -0.25) is 0 Å². The standard InChI is InChI=1S/C16H20Br2OS/c1-15-4-9-2-10(5-15)7-16(6-9,8-15)13(19)12-3-11(17)14(18)20-12/h3,9-10,13,19H,2,4-8H2,1H3. The molecule has 1 heterocycles. The fourth-order valence-corrected chi connectivity index (χ4v) is 8.14. The van der Waals surface area contributed by atoms with E-state index in [9.17, 15) is 5.11 Å². The Balaban J connectivity index is 1.70. The average molecular weight is 420 g/mol. The van der Waals surface area contributed by atoms with Crippen molar-refractivity contribution in [2.45, 2.75) is 51.6 Å². The molecule has 4 saturated carbocycles. The van der Waals surface area contributed by atoms with Crippen molar-refractivity contribution >= 4 is 43.2 Å². The summed E-state index contributed by atoms with van der Waals surface area (Å²) in [4.78, 5) is 1.13. The zero-order valence-electron chi connectivity index (χ0n) is 11.7. The Morgan fingerprint density at radius 1 is 1.25 bits per heavy atom. The fourth-order valence-electron chi connectivity index (χ4n) is 5.92. The molecule has 0 aliphatic heterocycles. The highest BCUT2D eigenvalue weighted by molar-refractivity contribution is 9.13. The molecule has 4 bridgehead atoms. The molecule has 0 amide bonds. The summed E-state index contributed by atoms with van der Waals surface area (Å²) < 4.78 is 2.18. The second-order valence-corrected chi connectivity index (χ2v) is 11.1. The van der Waals surface area contributed by atoms with Crippen LogP contribution in [-0.4, -0.2) is 5.11 Å². The number of aliphatic hydroxyl groups is 1. The predicted octanol–water partition coefficient (Wildman–Crippen LogP) is 5.91. The van der Waals surface area contributed by atoms with Crippen molar-refractivity contribution < 1.29 is 5.11 Å². The van der Waals surface area contributed by atoms with E-state index < -0.39 is 0 Å². The van der Waals surface area contributed by atoms with Gasteiger partial charge in [-0.05, 0) is 93.7 Å². The van der Waals surface area contributed by atoms with Crippen LogP contribution >= 0.6 is 43.2 Å². The molecule has 1 aromatic heterocycles. The van der Waals surface area contributed by atoms with Gasteiger partial charge < -0.3 is 5.11 Å². The molecule has 0 aromatic carbocycles. The summed E-state index contributed by atoms with van der Waals surface area (Å²) in [5.74, 6) is 1.73. The zero-order chi connectivity index (χ0) is 14.1. The average Bonchev–Trinajstić information content (AvgIpc) is 2.65. The maximum absolute atomic E-state index is 11.1. The van der Waals surface area contributed by atoms with E-state index in [0.29, 0.717) is 5.41 Å². The number of rotatable bonds is 2. The number of halogens is 2. The normalized spacial score (nSPS) is 44.0. The third kappa shape index (κ3) is 2.09. The molecule has 0 saturated heterocycles. The highest BCUT2D eigenvalue weighted by Crippen LogP contribution is 2.68. The molecule has 1 nitrogen and oxygen atoms in total. The summed E-state index contributed by atoms with van der Waals surface area (Å²) in [6, 6.07) is 2.11. The molecule has 4 aliphatic carbocycles. The van der Waals surface area contributed by atoms with Gasteiger partial charge in [0.15, 0.2) is 0 Å². The van der Waals surface area contributed by atoms with Crippen LogP contribution in [0.2, 0.25) is 0 Å². The highest BCUT2D eigenvalue weighted by atomic mass is 79.9. The molecule has 1 aromatic rings. The molecule has 110 valence electrons. The molecule has 0 radical (unpaired) electrons. The van der Waals surface area contributed by atoms with Gasteiger partial charge in [0.05, 0.1) is 9.89 Å². The minimum absolute atomic E-state index is 0.155. The van der Waals surface area contributed by atoms with Crippen LogP contribution < -0.4 is 0 Å². The van der Waals surface area contributed by atoms with Gasteiger partial charge in [-0.25, -0.2) is 0 Å². The Bertz CT molecular complexity index is 519. The van der Waals surface area contributed by atoms with Gasteiger partial charge >= 0.3 is 0 Å². The topological polar surface area (TPSA) is 20.2 Å². The van der Waals surface area contributed by atoms with Crippen molar-refractivity contribution in [2.24, 2.45) is 22.7 Å². The Morgan fingerprint density at radius 3 is 2.40 bits per heavy atom.